The molecule has 0 radical (unpaired) electrons. The average Bonchev–Trinajstić information content (AvgIpc) is 2.82. The highest BCUT2D eigenvalue weighted by atomic mass is 16.5. The normalized spacial score (nSPS) is 35.1. The first kappa shape index (κ1) is 12.0. The summed E-state index contributed by atoms with van der Waals surface area (Å²) in [5.74, 6) is 1.35. The van der Waals surface area contributed by atoms with Gasteiger partial charge < -0.3 is 14.9 Å². The Morgan fingerprint density at radius 2 is 2.22 bits per heavy atom. The third kappa shape index (κ3) is 1.73. The Morgan fingerprint density at radius 1 is 1.39 bits per heavy atom. The topological polar surface area (TPSA) is 49.7 Å². The van der Waals surface area contributed by atoms with Gasteiger partial charge in [0, 0.05) is 12.0 Å². The molecule has 2 aliphatic rings. The lowest BCUT2D eigenvalue weighted by molar-refractivity contribution is -0.116. The molecule has 3 heteroatoms. The Balaban J connectivity index is 2.01. The van der Waals surface area contributed by atoms with Crippen LogP contribution in [0.15, 0.2) is 18.2 Å². The minimum absolute atomic E-state index is 0.480. The molecule has 0 saturated heterocycles. The molecule has 0 spiro atoms. The maximum Gasteiger partial charge on any atom is 0.123 e. The highest BCUT2D eigenvalue weighted by Gasteiger charge is 2.43. The molecule has 1 saturated carbocycles. The minimum atomic E-state index is -1.09. The van der Waals surface area contributed by atoms with E-state index in [0.29, 0.717) is 25.4 Å². The molecule has 0 bridgehead atoms. The van der Waals surface area contributed by atoms with Gasteiger partial charge >= 0.3 is 0 Å². The molecule has 18 heavy (non-hydrogen) atoms. The molecule has 0 aromatic heterocycles. The number of aliphatic hydroxyl groups is 2. The van der Waals surface area contributed by atoms with E-state index in [-0.39, 0.29) is 0 Å². The maximum absolute atomic E-state index is 10.9. The van der Waals surface area contributed by atoms with Crippen molar-refractivity contribution in [2.24, 2.45) is 5.92 Å². The standard InChI is InChI=1S/C15H20O3/c1-10-5-7-15(17,14(16)9-10)12-3-2-4-13-11(12)6-8-18-13/h2-4,10,14,16-17H,5-9H2,1H3/t10-,14?,15+/m0/s1. The van der Waals surface area contributed by atoms with Crippen LogP contribution < -0.4 is 4.74 Å². The zero-order chi connectivity index (χ0) is 12.8. The number of hydrogen-bond acceptors (Lipinski definition) is 3. The van der Waals surface area contributed by atoms with E-state index in [1.807, 2.05) is 18.2 Å². The Labute approximate surface area is 107 Å². The molecule has 1 heterocycles. The van der Waals surface area contributed by atoms with Crippen molar-refractivity contribution in [3.8, 4) is 5.75 Å². The quantitative estimate of drug-likeness (QED) is 0.799. The highest BCUT2D eigenvalue weighted by molar-refractivity contribution is 5.46. The second-order valence-corrected chi connectivity index (χ2v) is 5.70. The molecule has 98 valence electrons. The van der Waals surface area contributed by atoms with Crippen molar-refractivity contribution < 1.29 is 14.9 Å². The monoisotopic (exact) mass is 248 g/mol. The molecule has 1 aliphatic heterocycles. The number of rotatable bonds is 1. The summed E-state index contributed by atoms with van der Waals surface area (Å²) < 4.78 is 5.54. The molecule has 3 nitrogen and oxygen atoms in total. The van der Waals surface area contributed by atoms with Crippen LogP contribution in [0.4, 0.5) is 0 Å². The molecule has 1 fully saturated rings. The zero-order valence-electron chi connectivity index (χ0n) is 10.7. The van der Waals surface area contributed by atoms with Gasteiger partial charge in [0.1, 0.15) is 11.4 Å². The summed E-state index contributed by atoms with van der Waals surface area (Å²) in [6.07, 6.45) is 2.41. The Hall–Kier alpha value is -1.06. The lowest BCUT2D eigenvalue weighted by Crippen LogP contribution is -2.44. The van der Waals surface area contributed by atoms with E-state index in [9.17, 15) is 10.2 Å². The fraction of sp³-hybridized carbons (Fsp3) is 0.600. The third-order valence-electron chi connectivity index (χ3n) is 4.40. The van der Waals surface area contributed by atoms with Crippen LogP contribution in [0.3, 0.4) is 0 Å². The predicted octanol–water partition coefficient (Wildman–Crippen LogP) is 1.99. The van der Waals surface area contributed by atoms with Gasteiger partial charge in [0.05, 0.1) is 12.7 Å². The van der Waals surface area contributed by atoms with Gasteiger partial charge in [-0.3, -0.25) is 0 Å². The highest BCUT2D eigenvalue weighted by Crippen LogP contribution is 2.43. The van der Waals surface area contributed by atoms with E-state index in [2.05, 4.69) is 6.92 Å². The van der Waals surface area contributed by atoms with E-state index in [0.717, 1.165) is 29.7 Å². The summed E-state index contributed by atoms with van der Waals surface area (Å²) in [4.78, 5) is 0. The smallest absolute Gasteiger partial charge is 0.123 e. The van der Waals surface area contributed by atoms with Crippen molar-refractivity contribution in [2.45, 2.75) is 44.3 Å². The van der Waals surface area contributed by atoms with Gasteiger partial charge in [-0.15, -0.1) is 0 Å². The molecule has 1 aliphatic carbocycles. The SMILES string of the molecule is C[C@H]1CC[C@@](O)(c2cccc3c2CCO3)C(O)C1. The van der Waals surface area contributed by atoms with Gasteiger partial charge in [-0.25, -0.2) is 0 Å². The molecule has 1 aromatic carbocycles. The number of aliphatic hydroxyl groups excluding tert-OH is 1. The van der Waals surface area contributed by atoms with Crippen LogP contribution in [-0.4, -0.2) is 22.9 Å². The molecular formula is C15H20O3. The Morgan fingerprint density at radius 3 is 3.00 bits per heavy atom. The van der Waals surface area contributed by atoms with Gasteiger partial charge in [-0.05, 0) is 36.8 Å². The average molecular weight is 248 g/mol. The number of hydrogen-bond donors (Lipinski definition) is 2. The van der Waals surface area contributed by atoms with Crippen LogP contribution in [0.5, 0.6) is 5.75 Å². The van der Waals surface area contributed by atoms with Gasteiger partial charge in [0.25, 0.3) is 0 Å². The van der Waals surface area contributed by atoms with Gasteiger partial charge in [-0.1, -0.05) is 19.1 Å². The molecule has 0 amide bonds. The summed E-state index contributed by atoms with van der Waals surface area (Å²) in [6, 6.07) is 5.78. The third-order valence-corrected chi connectivity index (χ3v) is 4.40. The molecule has 1 unspecified atom stereocenters. The second kappa shape index (κ2) is 4.25. The fourth-order valence-electron chi connectivity index (χ4n) is 3.27. The first-order valence-electron chi connectivity index (χ1n) is 6.77. The van der Waals surface area contributed by atoms with Crippen molar-refractivity contribution in [3.05, 3.63) is 29.3 Å². The molecule has 3 atom stereocenters. The van der Waals surface area contributed by atoms with Crippen LogP contribution in [0, 0.1) is 5.92 Å². The summed E-state index contributed by atoms with van der Waals surface area (Å²) in [7, 11) is 0. The first-order chi connectivity index (χ1) is 8.61. The Bertz CT molecular complexity index is 457. The largest absolute Gasteiger partial charge is 0.493 e. The number of ether oxygens (including phenoxy) is 1. The van der Waals surface area contributed by atoms with Crippen molar-refractivity contribution in [3.63, 3.8) is 0 Å². The van der Waals surface area contributed by atoms with Crippen molar-refractivity contribution in [1.82, 2.24) is 0 Å². The summed E-state index contributed by atoms with van der Waals surface area (Å²) in [6.45, 7) is 2.80. The summed E-state index contributed by atoms with van der Waals surface area (Å²) in [5.41, 5.74) is 0.858. The maximum atomic E-state index is 10.9. The second-order valence-electron chi connectivity index (χ2n) is 5.70. The molecule has 1 aromatic rings. The van der Waals surface area contributed by atoms with Crippen LogP contribution >= 0.6 is 0 Å². The van der Waals surface area contributed by atoms with E-state index in [1.165, 1.54) is 0 Å². The van der Waals surface area contributed by atoms with Crippen LogP contribution in [-0.2, 0) is 12.0 Å². The fourth-order valence-corrected chi connectivity index (χ4v) is 3.27. The van der Waals surface area contributed by atoms with Gasteiger partial charge in [0.2, 0.25) is 0 Å². The molecule has 3 rings (SSSR count). The lowest BCUT2D eigenvalue weighted by atomic mass is 9.72. The number of fused-ring (bicyclic) bond motifs is 1. The van der Waals surface area contributed by atoms with E-state index in [1.54, 1.807) is 0 Å². The van der Waals surface area contributed by atoms with Crippen molar-refractivity contribution in [1.29, 1.82) is 0 Å². The van der Waals surface area contributed by atoms with Crippen molar-refractivity contribution >= 4 is 0 Å². The van der Waals surface area contributed by atoms with Crippen molar-refractivity contribution in [2.75, 3.05) is 6.61 Å². The van der Waals surface area contributed by atoms with Gasteiger partial charge in [-0.2, -0.15) is 0 Å². The lowest BCUT2D eigenvalue weighted by Gasteiger charge is -2.40. The van der Waals surface area contributed by atoms with Crippen LogP contribution in [0.2, 0.25) is 0 Å². The van der Waals surface area contributed by atoms with Crippen LogP contribution in [0.1, 0.15) is 37.3 Å². The Kier molecular flexibility index (Phi) is 2.83. The van der Waals surface area contributed by atoms with E-state index >= 15 is 0 Å². The molecule has 2 N–H and O–H groups in total. The molecular weight excluding hydrogens is 228 g/mol. The zero-order valence-corrected chi connectivity index (χ0v) is 10.7. The van der Waals surface area contributed by atoms with E-state index in [4.69, 9.17) is 4.74 Å². The summed E-state index contributed by atoms with van der Waals surface area (Å²) in [5, 5.41) is 21.2. The van der Waals surface area contributed by atoms with Crippen LogP contribution in [0.25, 0.3) is 0 Å². The first-order valence-corrected chi connectivity index (χ1v) is 6.77. The van der Waals surface area contributed by atoms with Gasteiger partial charge in [0.15, 0.2) is 0 Å². The van der Waals surface area contributed by atoms with E-state index < -0.39 is 11.7 Å². The predicted molar refractivity (Wildman–Crippen MR) is 68.6 cm³/mol. The minimum Gasteiger partial charge on any atom is -0.493 e. The summed E-state index contributed by atoms with van der Waals surface area (Å²) >= 11 is 0. The number of benzene rings is 1.